The lowest BCUT2D eigenvalue weighted by molar-refractivity contribution is -0.137. The van der Waals surface area contributed by atoms with E-state index in [1.54, 1.807) is 7.11 Å². The molecule has 8 heteroatoms. The van der Waals surface area contributed by atoms with Gasteiger partial charge >= 0.3 is 6.18 Å². The molecular formula is C19H21ClF3N3O. The average Bonchev–Trinajstić information content (AvgIpc) is 2.87. The van der Waals surface area contributed by atoms with Crippen LogP contribution in [0.25, 0.3) is 0 Å². The largest absolute Gasteiger partial charge is 0.497 e. The van der Waals surface area contributed by atoms with Gasteiger partial charge in [-0.15, -0.1) is 0 Å². The minimum absolute atomic E-state index is 0.0356. The van der Waals surface area contributed by atoms with E-state index < -0.39 is 11.7 Å². The van der Waals surface area contributed by atoms with Gasteiger partial charge in [0.25, 0.3) is 0 Å². The fourth-order valence-corrected chi connectivity index (χ4v) is 3.43. The van der Waals surface area contributed by atoms with E-state index in [4.69, 9.17) is 16.3 Å². The van der Waals surface area contributed by atoms with Gasteiger partial charge in [-0.3, -0.25) is 4.90 Å². The van der Waals surface area contributed by atoms with Crippen LogP contribution in [-0.4, -0.2) is 43.2 Å². The van der Waals surface area contributed by atoms with E-state index in [2.05, 4.69) is 9.88 Å². The maximum absolute atomic E-state index is 12.8. The van der Waals surface area contributed by atoms with Crippen molar-refractivity contribution >= 4 is 17.4 Å². The van der Waals surface area contributed by atoms with Gasteiger partial charge in [-0.05, 0) is 30.2 Å². The number of benzene rings is 1. The van der Waals surface area contributed by atoms with Gasteiger partial charge in [0.15, 0.2) is 0 Å². The van der Waals surface area contributed by atoms with Gasteiger partial charge in [-0.25, -0.2) is 4.98 Å². The Balaban J connectivity index is 1.64. The molecule has 2 aromatic rings. The smallest absolute Gasteiger partial charge is 0.417 e. The number of halogens is 4. The molecule has 27 heavy (non-hydrogen) atoms. The SMILES string of the molecule is COc1ccc(CN2CCCN(c3ncc(C(F)(F)F)cc3Cl)CC2)cc1. The summed E-state index contributed by atoms with van der Waals surface area (Å²) in [6, 6.07) is 8.90. The van der Waals surface area contributed by atoms with Crippen molar-refractivity contribution in [3.05, 3.63) is 52.7 Å². The third kappa shape index (κ3) is 5.05. The summed E-state index contributed by atoms with van der Waals surface area (Å²) in [6.07, 6.45) is -2.71. The van der Waals surface area contributed by atoms with Crippen molar-refractivity contribution in [3.63, 3.8) is 0 Å². The zero-order valence-corrected chi connectivity index (χ0v) is 15.7. The van der Waals surface area contributed by atoms with Crippen LogP contribution in [-0.2, 0) is 12.7 Å². The van der Waals surface area contributed by atoms with Gasteiger partial charge in [0.1, 0.15) is 11.6 Å². The number of hydrogen-bond acceptors (Lipinski definition) is 4. The van der Waals surface area contributed by atoms with Crippen molar-refractivity contribution in [2.75, 3.05) is 38.2 Å². The lowest BCUT2D eigenvalue weighted by Gasteiger charge is -2.24. The van der Waals surface area contributed by atoms with Crippen LogP contribution in [0, 0.1) is 0 Å². The maximum Gasteiger partial charge on any atom is 0.417 e. The van der Waals surface area contributed by atoms with Crippen LogP contribution in [0.4, 0.5) is 19.0 Å². The predicted octanol–water partition coefficient (Wildman–Crippen LogP) is 4.47. The van der Waals surface area contributed by atoms with E-state index in [9.17, 15) is 13.2 Å². The molecule has 0 unspecified atom stereocenters. The highest BCUT2D eigenvalue weighted by molar-refractivity contribution is 6.33. The first-order chi connectivity index (χ1) is 12.9. The topological polar surface area (TPSA) is 28.6 Å². The molecule has 2 heterocycles. The van der Waals surface area contributed by atoms with Crippen molar-refractivity contribution in [2.24, 2.45) is 0 Å². The Bertz CT molecular complexity index is 768. The quantitative estimate of drug-likeness (QED) is 0.758. The van der Waals surface area contributed by atoms with Crippen molar-refractivity contribution in [3.8, 4) is 5.75 Å². The summed E-state index contributed by atoms with van der Waals surface area (Å²) < 4.78 is 43.5. The highest BCUT2D eigenvalue weighted by Gasteiger charge is 2.32. The van der Waals surface area contributed by atoms with Gasteiger partial charge in [-0.2, -0.15) is 13.2 Å². The van der Waals surface area contributed by atoms with Crippen LogP contribution in [0.15, 0.2) is 36.5 Å². The molecule has 0 amide bonds. The summed E-state index contributed by atoms with van der Waals surface area (Å²) in [7, 11) is 1.64. The number of alkyl halides is 3. The minimum Gasteiger partial charge on any atom is -0.497 e. The Morgan fingerprint density at radius 1 is 1.11 bits per heavy atom. The number of pyridine rings is 1. The molecule has 0 radical (unpaired) electrons. The van der Waals surface area contributed by atoms with E-state index in [-0.39, 0.29) is 5.02 Å². The molecule has 0 aliphatic carbocycles. The second kappa shape index (κ2) is 8.35. The molecule has 0 bridgehead atoms. The fraction of sp³-hybridized carbons (Fsp3) is 0.421. The Labute approximate surface area is 161 Å². The summed E-state index contributed by atoms with van der Waals surface area (Å²) in [4.78, 5) is 8.25. The predicted molar refractivity (Wildman–Crippen MR) is 99.4 cm³/mol. The second-order valence-corrected chi connectivity index (χ2v) is 6.90. The second-order valence-electron chi connectivity index (χ2n) is 6.49. The first kappa shape index (κ1) is 19.8. The number of methoxy groups -OCH3 is 1. The monoisotopic (exact) mass is 399 g/mol. The van der Waals surface area contributed by atoms with E-state index in [1.807, 2.05) is 29.2 Å². The molecule has 4 nitrogen and oxygen atoms in total. The Morgan fingerprint density at radius 3 is 2.48 bits per heavy atom. The normalized spacial score (nSPS) is 16.3. The van der Waals surface area contributed by atoms with Crippen molar-refractivity contribution in [1.29, 1.82) is 0 Å². The maximum atomic E-state index is 12.8. The van der Waals surface area contributed by atoms with Gasteiger partial charge in [-0.1, -0.05) is 23.7 Å². The van der Waals surface area contributed by atoms with E-state index in [1.165, 1.54) is 5.56 Å². The first-order valence-corrected chi connectivity index (χ1v) is 9.07. The molecule has 0 spiro atoms. The van der Waals surface area contributed by atoms with Crippen molar-refractivity contribution < 1.29 is 17.9 Å². The summed E-state index contributed by atoms with van der Waals surface area (Å²) in [6.45, 7) is 3.86. The molecule has 1 aromatic carbocycles. The van der Waals surface area contributed by atoms with Crippen LogP contribution in [0.2, 0.25) is 5.02 Å². The van der Waals surface area contributed by atoms with E-state index in [0.717, 1.165) is 44.1 Å². The number of nitrogens with zero attached hydrogens (tertiary/aromatic N) is 3. The molecular weight excluding hydrogens is 379 g/mol. The molecule has 1 saturated heterocycles. The number of anilines is 1. The van der Waals surface area contributed by atoms with Crippen LogP contribution >= 0.6 is 11.6 Å². The van der Waals surface area contributed by atoms with Crippen LogP contribution in [0.5, 0.6) is 5.75 Å². The molecule has 0 N–H and O–H groups in total. The molecule has 1 fully saturated rings. The zero-order chi connectivity index (χ0) is 19.4. The van der Waals surface area contributed by atoms with Gasteiger partial charge in [0.05, 0.1) is 17.7 Å². The highest BCUT2D eigenvalue weighted by Crippen LogP contribution is 2.33. The summed E-state index contributed by atoms with van der Waals surface area (Å²) in [5, 5.41) is 0.0356. The third-order valence-corrected chi connectivity index (χ3v) is 4.88. The molecule has 146 valence electrons. The molecule has 0 atom stereocenters. The van der Waals surface area contributed by atoms with Crippen molar-refractivity contribution in [2.45, 2.75) is 19.1 Å². The van der Waals surface area contributed by atoms with Gasteiger partial charge in [0, 0.05) is 38.9 Å². The standard InChI is InChI=1S/C19H21ClF3N3O/c1-27-16-5-3-14(4-6-16)13-25-7-2-8-26(10-9-25)18-17(20)11-15(12-24-18)19(21,22)23/h3-6,11-12H,2,7-10,13H2,1H3. The van der Waals surface area contributed by atoms with E-state index >= 15 is 0 Å². The Morgan fingerprint density at radius 2 is 1.85 bits per heavy atom. The fourth-order valence-electron chi connectivity index (χ4n) is 3.15. The first-order valence-electron chi connectivity index (χ1n) is 8.70. The van der Waals surface area contributed by atoms with E-state index in [0.29, 0.717) is 18.9 Å². The number of hydrogen-bond donors (Lipinski definition) is 0. The Kier molecular flexibility index (Phi) is 6.11. The highest BCUT2D eigenvalue weighted by atomic mass is 35.5. The third-order valence-electron chi connectivity index (χ3n) is 4.60. The molecule has 1 aliphatic heterocycles. The average molecular weight is 400 g/mol. The van der Waals surface area contributed by atoms with Gasteiger partial charge in [0.2, 0.25) is 0 Å². The summed E-state index contributed by atoms with van der Waals surface area (Å²) in [5.74, 6) is 1.24. The lowest BCUT2D eigenvalue weighted by Crippen LogP contribution is -2.31. The molecule has 3 rings (SSSR count). The summed E-state index contributed by atoms with van der Waals surface area (Å²) in [5.41, 5.74) is 0.363. The molecule has 1 aliphatic rings. The van der Waals surface area contributed by atoms with Crippen LogP contribution < -0.4 is 9.64 Å². The summed E-state index contributed by atoms with van der Waals surface area (Å²) >= 11 is 6.09. The molecule has 0 saturated carbocycles. The van der Waals surface area contributed by atoms with Crippen LogP contribution in [0.1, 0.15) is 17.5 Å². The van der Waals surface area contributed by atoms with Crippen LogP contribution in [0.3, 0.4) is 0 Å². The molecule has 1 aromatic heterocycles. The van der Waals surface area contributed by atoms with Crippen molar-refractivity contribution in [1.82, 2.24) is 9.88 Å². The zero-order valence-electron chi connectivity index (χ0n) is 15.0. The number of rotatable bonds is 4. The Hall–Kier alpha value is -1.99. The lowest BCUT2D eigenvalue weighted by atomic mass is 10.2. The minimum atomic E-state index is -4.44. The number of aromatic nitrogens is 1. The van der Waals surface area contributed by atoms with Gasteiger partial charge < -0.3 is 9.64 Å². The number of ether oxygens (including phenoxy) is 1.